The highest BCUT2D eigenvalue weighted by molar-refractivity contribution is 4.84. The molecule has 2 heteroatoms. The third-order valence-electron chi connectivity index (χ3n) is 4.55. The molecule has 108 valence electrons. The van der Waals surface area contributed by atoms with E-state index in [1.807, 2.05) is 0 Å². The lowest BCUT2D eigenvalue weighted by molar-refractivity contribution is 0.0897. The predicted octanol–water partition coefficient (Wildman–Crippen LogP) is 3.66. The summed E-state index contributed by atoms with van der Waals surface area (Å²) in [5.41, 5.74) is 0. The van der Waals surface area contributed by atoms with Gasteiger partial charge in [-0.15, -0.1) is 0 Å². The predicted molar refractivity (Wildman–Crippen MR) is 81.0 cm³/mol. The van der Waals surface area contributed by atoms with Gasteiger partial charge in [-0.2, -0.15) is 0 Å². The summed E-state index contributed by atoms with van der Waals surface area (Å²) in [5, 5.41) is 3.62. The van der Waals surface area contributed by atoms with Gasteiger partial charge in [-0.1, -0.05) is 47.0 Å². The molecule has 1 aliphatic carbocycles. The second-order valence-corrected chi connectivity index (χ2v) is 6.50. The van der Waals surface area contributed by atoms with E-state index in [0.29, 0.717) is 12.1 Å². The summed E-state index contributed by atoms with van der Waals surface area (Å²) in [7, 11) is 2.36. The van der Waals surface area contributed by atoms with Crippen LogP contribution in [0.3, 0.4) is 0 Å². The Kier molecular flexibility index (Phi) is 7.25. The summed E-state index contributed by atoms with van der Waals surface area (Å²) in [6.07, 6.45) is 8.30. The summed E-state index contributed by atoms with van der Waals surface area (Å²) in [6, 6.07) is 2.12. The fourth-order valence-electron chi connectivity index (χ4n) is 3.33. The summed E-state index contributed by atoms with van der Waals surface area (Å²) in [5.74, 6) is 0.877. The average Bonchev–Trinajstić information content (AvgIpc) is 2.34. The Labute approximate surface area is 115 Å². The first-order chi connectivity index (χ1) is 8.56. The van der Waals surface area contributed by atoms with Crippen LogP contribution in [0, 0.1) is 5.92 Å². The fraction of sp³-hybridized carbons (Fsp3) is 1.00. The molecule has 1 saturated carbocycles. The van der Waals surface area contributed by atoms with E-state index in [1.54, 1.807) is 0 Å². The largest absolute Gasteiger partial charge is 0.313 e. The van der Waals surface area contributed by atoms with Gasteiger partial charge in [0.05, 0.1) is 0 Å². The lowest BCUT2D eigenvalue weighted by Crippen LogP contribution is -2.49. The highest BCUT2D eigenvalue weighted by atomic mass is 15.2. The molecule has 0 aromatic heterocycles. The van der Waals surface area contributed by atoms with Crippen LogP contribution >= 0.6 is 0 Å². The molecule has 2 nitrogen and oxygen atoms in total. The Balaban J connectivity index is 2.53. The van der Waals surface area contributed by atoms with Crippen molar-refractivity contribution in [3.63, 3.8) is 0 Å². The fourth-order valence-corrected chi connectivity index (χ4v) is 3.33. The Hall–Kier alpha value is -0.0800. The van der Waals surface area contributed by atoms with Crippen LogP contribution in [0.25, 0.3) is 0 Å². The van der Waals surface area contributed by atoms with E-state index in [2.05, 4.69) is 45.0 Å². The van der Waals surface area contributed by atoms with Gasteiger partial charge in [0.25, 0.3) is 0 Å². The minimum Gasteiger partial charge on any atom is -0.313 e. The molecule has 18 heavy (non-hydrogen) atoms. The number of hydrogen-bond acceptors (Lipinski definition) is 2. The van der Waals surface area contributed by atoms with Gasteiger partial charge in [-0.3, -0.25) is 4.90 Å². The Morgan fingerprint density at radius 3 is 2.44 bits per heavy atom. The highest BCUT2D eigenvalue weighted by Crippen LogP contribution is 2.29. The van der Waals surface area contributed by atoms with Crippen LogP contribution in [-0.2, 0) is 0 Å². The van der Waals surface area contributed by atoms with Crippen LogP contribution in [0.2, 0.25) is 0 Å². The first kappa shape index (κ1) is 16.0. The number of likely N-dealkylation sites (N-methyl/N-ethyl adjacent to an activating group) is 1. The van der Waals surface area contributed by atoms with Crippen LogP contribution in [-0.4, -0.2) is 36.6 Å². The van der Waals surface area contributed by atoms with E-state index in [9.17, 15) is 0 Å². The number of hydrogen-bond donors (Lipinski definition) is 1. The number of nitrogens with zero attached hydrogens (tertiary/aromatic N) is 1. The highest BCUT2D eigenvalue weighted by Gasteiger charge is 2.28. The second kappa shape index (κ2) is 8.16. The number of nitrogens with one attached hydrogen (secondary N) is 1. The molecule has 0 amide bonds. The molecule has 0 saturated heterocycles. The van der Waals surface area contributed by atoms with Crippen LogP contribution in [0.5, 0.6) is 0 Å². The molecule has 0 bridgehead atoms. The van der Waals surface area contributed by atoms with E-state index >= 15 is 0 Å². The zero-order chi connectivity index (χ0) is 13.5. The molecule has 1 fully saturated rings. The van der Waals surface area contributed by atoms with Crippen LogP contribution in [0.4, 0.5) is 0 Å². The molecule has 1 rings (SSSR count). The summed E-state index contributed by atoms with van der Waals surface area (Å²) in [4.78, 5) is 2.68. The SMILES string of the molecule is CCCC(CNC(C)C)N(C)C1CCCCC1C. The molecule has 0 aromatic carbocycles. The molecule has 1 aliphatic rings. The second-order valence-electron chi connectivity index (χ2n) is 6.50. The van der Waals surface area contributed by atoms with Crippen molar-refractivity contribution in [1.29, 1.82) is 0 Å². The van der Waals surface area contributed by atoms with Gasteiger partial charge in [0.15, 0.2) is 0 Å². The lowest BCUT2D eigenvalue weighted by atomic mass is 9.84. The van der Waals surface area contributed by atoms with E-state index in [1.165, 1.54) is 38.5 Å². The summed E-state index contributed by atoms with van der Waals surface area (Å²) >= 11 is 0. The molecule has 0 heterocycles. The smallest absolute Gasteiger partial charge is 0.0220 e. The third-order valence-corrected chi connectivity index (χ3v) is 4.55. The van der Waals surface area contributed by atoms with Crippen molar-refractivity contribution < 1.29 is 0 Å². The van der Waals surface area contributed by atoms with Crippen molar-refractivity contribution in [2.24, 2.45) is 5.92 Å². The first-order valence-corrected chi connectivity index (χ1v) is 8.01. The molecule has 0 radical (unpaired) electrons. The van der Waals surface area contributed by atoms with E-state index in [0.717, 1.165) is 18.5 Å². The Morgan fingerprint density at radius 2 is 1.89 bits per heavy atom. The van der Waals surface area contributed by atoms with Gasteiger partial charge in [0.2, 0.25) is 0 Å². The monoisotopic (exact) mass is 254 g/mol. The molecule has 3 atom stereocenters. The lowest BCUT2D eigenvalue weighted by Gasteiger charge is -2.41. The van der Waals surface area contributed by atoms with E-state index in [-0.39, 0.29) is 0 Å². The van der Waals surface area contributed by atoms with Gasteiger partial charge in [0.1, 0.15) is 0 Å². The maximum Gasteiger partial charge on any atom is 0.0220 e. The molecule has 0 spiro atoms. The molecule has 3 unspecified atom stereocenters. The van der Waals surface area contributed by atoms with Crippen molar-refractivity contribution in [2.75, 3.05) is 13.6 Å². The van der Waals surface area contributed by atoms with Gasteiger partial charge in [0, 0.05) is 24.7 Å². The van der Waals surface area contributed by atoms with Crippen molar-refractivity contribution in [3.05, 3.63) is 0 Å². The Morgan fingerprint density at radius 1 is 1.22 bits per heavy atom. The third kappa shape index (κ3) is 4.89. The summed E-state index contributed by atoms with van der Waals surface area (Å²) < 4.78 is 0. The van der Waals surface area contributed by atoms with Crippen LogP contribution in [0.1, 0.15) is 66.2 Å². The normalized spacial score (nSPS) is 26.8. The zero-order valence-electron chi connectivity index (χ0n) is 13.2. The van der Waals surface area contributed by atoms with Gasteiger partial charge in [-0.25, -0.2) is 0 Å². The maximum atomic E-state index is 3.62. The molecule has 0 aromatic rings. The summed E-state index contributed by atoms with van der Waals surface area (Å²) in [6.45, 7) is 10.4. The quantitative estimate of drug-likeness (QED) is 0.746. The average molecular weight is 254 g/mol. The standard InChI is InChI=1S/C16H34N2/c1-6-9-15(12-17-13(2)3)18(5)16-11-8-7-10-14(16)4/h13-17H,6-12H2,1-5H3. The van der Waals surface area contributed by atoms with Gasteiger partial charge >= 0.3 is 0 Å². The van der Waals surface area contributed by atoms with Crippen LogP contribution < -0.4 is 5.32 Å². The van der Waals surface area contributed by atoms with E-state index < -0.39 is 0 Å². The zero-order valence-corrected chi connectivity index (χ0v) is 13.2. The van der Waals surface area contributed by atoms with Crippen molar-refractivity contribution >= 4 is 0 Å². The van der Waals surface area contributed by atoms with Crippen molar-refractivity contribution in [1.82, 2.24) is 10.2 Å². The maximum absolute atomic E-state index is 3.62. The van der Waals surface area contributed by atoms with Gasteiger partial charge in [-0.05, 0) is 32.2 Å². The topological polar surface area (TPSA) is 15.3 Å². The minimum absolute atomic E-state index is 0.599. The van der Waals surface area contributed by atoms with Crippen molar-refractivity contribution in [2.45, 2.75) is 84.3 Å². The van der Waals surface area contributed by atoms with Crippen LogP contribution in [0.15, 0.2) is 0 Å². The first-order valence-electron chi connectivity index (χ1n) is 8.01. The van der Waals surface area contributed by atoms with E-state index in [4.69, 9.17) is 0 Å². The van der Waals surface area contributed by atoms with Crippen molar-refractivity contribution in [3.8, 4) is 0 Å². The molecule has 1 N–H and O–H groups in total. The molecular weight excluding hydrogens is 220 g/mol. The van der Waals surface area contributed by atoms with Gasteiger partial charge < -0.3 is 5.32 Å². The minimum atomic E-state index is 0.599. The molecular formula is C16H34N2. The molecule has 0 aliphatic heterocycles. The Bertz CT molecular complexity index is 215. The number of rotatable bonds is 7.